The maximum Gasteiger partial charge on any atom is 0.317 e. The largest absolute Gasteiger partial charge is 0.339 e. The summed E-state index contributed by atoms with van der Waals surface area (Å²) in [6.07, 6.45) is 8.13. The van der Waals surface area contributed by atoms with Crippen molar-refractivity contribution in [1.29, 1.82) is 0 Å². The van der Waals surface area contributed by atoms with E-state index in [9.17, 15) is 4.79 Å². The van der Waals surface area contributed by atoms with E-state index in [4.69, 9.17) is 4.52 Å². The normalized spacial score (nSPS) is 22.8. The number of benzene rings is 1. The molecule has 4 heterocycles. The smallest absolute Gasteiger partial charge is 0.317 e. The minimum absolute atomic E-state index is 0.0541. The highest BCUT2D eigenvalue weighted by atomic mass is 16.5. The van der Waals surface area contributed by atoms with E-state index in [0.29, 0.717) is 18.3 Å². The number of carbonyl (C=O) groups is 1. The van der Waals surface area contributed by atoms with Crippen LogP contribution in [0.15, 0.2) is 59.4 Å². The van der Waals surface area contributed by atoms with E-state index in [-0.39, 0.29) is 24.0 Å². The van der Waals surface area contributed by atoms with E-state index >= 15 is 0 Å². The molecule has 0 saturated carbocycles. The fraction of sp³-hybridized carbons (Fsp3) is 0.391. The van der Waals surface area contributed by atoms with Crippen molar-refractivity contribution in [3.05, 3.63) is 66.3 Å². The number of pyridine rings is 1. The second kappa shape index (κ2) is 8.26. The highest BCUT2D eigenvalue weighted by molar-refractivity contribution is 5.75. The molecule has 2 amide bonds. The van der Waals surface area contributed by atoms with Gasteiger partial charge >= 0.3 is 6.03 Å². The second-order valence-corrected chi connectivity index (χ2v) is 8.13. The number of hydrogen-bond acceptors (Lipinski definition) is 5. The summed E-state index contributed by atoms with van der Waals surface area (Å²) in [6.45, 7) is 0.653. The molecular weight excluding hydrogens is 378 g/mol. The maximum atomic E-state index is 12.8. The summed E-state index contributed by atoms with van der Waals surface area (Å²) in [5.41, 5.74) is 2.09. The first kappa shape index (κ1) is 18.8. The minimum Gasteiger partial charge on any atom is -0.339 e. The Hall–Kier alpha value is -3.22. The first-order chi connectivity index (χ1) is 14.8. The average Bonchev–Trinajstić information content (AvgIpc) is 3.38. The Labute approximate surface area is 175 Å². The molecule has 3 aromatic rings. The molecule has 2 saturated heterocycles. The van der Waals surface area contributed by atoms with E-state index in [1.807, 2.05) is 30.3 Å². The van der Waals surface area contributed by atoms with Crippen LogP contribution in [0.5, 0.6) is 0 Å². The number of rotatable bonds is 5. The Morgan fingerprint density at radius 1 is 1.10 bits per heavy atom. The number of aromatic nitrogens is 3. The van der Waals surface area contributed by atoms with Crippen LogP contribution in [0.1, 0.15) is 43.1 Å². The Balaban J connectivity index is 1.20. The Morgan fingerprint density at radius 3 is 2.63 bits per heavy atom. The van der Waals surface area contributed by atoms with Crippen LogP contribution in [0.4, 0.5) is 4.79 Å². The van der Waals surface area contributed by atoms with Crippen molar-refractivity contribution in [2.45, 2.75) is 50.1 Å². The fourth-order valence-electron chi connectivity index (χ4n) is 4.77. The van der Waals surface area contributed by atoms with Crippen molar-refractivity contribution < 1.29 is 9.32 Å². The van der Waals surface area contributed by atoms with Crippen LogP contribution in [-0.4, -0.2) is 44.7 Å². The molecular formula is C23H25N5O2. The van der Waals surface area contributed by atoms with Gasteiger partial charge in [0.2, 0.25) is 11.7 Å². The lowest BCUT2D eigenvalue weighted by atomic mass is 9.91. The number of nitrogens with one attached hydrogen (secondary N) is 1. The summed E-state index contributed by atoms with van der Waals surface area (Å²) in [7, 11) is 0. The molecule has 1 N–H and O–H groups in total. The molecule has 2 bridgehead atoms. The van der Waals surface area contributed by atoms with E-state index in [1.165, 1.54) is 5.56 Å². The summed E-state index contributed by atoms with van der Waals surface area (Å²) < 4.78 is 5.58. The topological polar surface area (TPSA) is 84.2 Å². The molecule has 2 aliphatic rings. The molecule has 5 rings (SSSR count). The molecule has 1 aromatic carbocycles. The third kappa shape index (κ3) is 3.79. The Kier molecular flexibility index (Phi) is 5.17. The van der Waals surface area contributed by atoms with Gasteiger partial charge in [-0.25, -0.2) is 4.79 Å². The van der Waals surface area contributed by atoms with Gasteiger partial charge in [-0.3, -0.25) is 4.98 Å². The fourth-order valence-corrected chi connectivity index (χ4v) is 4.77. The number of hydrogen-bond donors (Lipinski definition) is 1. The van der Waals surface area contributed by atoms with Crippen molar-refractivity contribution in [2.24, 2.45) is 0 Å². The summed E-state index contributed by atoms with van der Waals surface area (Å²) >= 11 is 0. The molecule has 2 aliphatic heterocycles. The summed E-state index contributed by atoms with van der Waals surface area (Å²) in [5, 5.41) is 7.25. The highest BCUT2D eigenvalue weighted by Gasteiger charge is 2.45. The van der Waals surface area contributed by atoms with Crippen LogP contribution in [0.3, 0.4) is 0 Å². The Bertz CT molecular complexity index is 977. The standard InChI is InChI=1S/C23H25N5O2/c29-23(25-12-10-16-5-2-1-3-6-16)28-19-8-9-20(28)14-18(13-19)22-26-21(27-30-22)17-7-4-11-24-15-17/h1-7,11,15,18-20H,8-10,12-14H2,(H,25,29)/t18?,19-,20+. The molecule has 7 nitrogen and oxygen atoms in total. The van der Waals surface area contributed by atoms with Gasteiger partial charge in [0.1, 0.15) is 0 Å². The lowest BCUT2D eigenvalue weighted by Crippen LogP contribution is -2.50. The van der Waals surface area contributed by atoms with Crippen LogP contribution in [0.25, 0.3) is 11.4 Å². The van der Waals surface area contributed by atoms with Crippen molar-refractivity contribution in [3.63, 3.8) is 0 Å². The van der Waals surface area contributed by atoms with Gasteiger partial charge in [0.15, 0.2) is 0 Å². The van der Waals surface area contributed by atoms with Gasteiger partial charge in [0.05, 0.1) is 0 Å². The van der Waals surface area contributed by atoms with Gasteiger partial charge in [0.25, 0.3) is 0 Å². The molecule has 0 aliphatic carbocycles. The van der Waals surface area contributed by atoms with Crippen molar-refractivity contribution >= 4 is 6.03 Å². The molecule has 30 heavy (non-hydrogen) atoms. The van der Waals surface area contributed by atoms with E-state index in [2.05, 4.69) is 37.5 Å². The SMILES string of the molecule is O=C(NCCc1ccccc1)N1[C@@H]2CC[C@H]1CC(c1nc(-c3cccnc3)no1)C2. The van der Waals surface area contributed by atoms with Crippen LogP contribution >= 0.6 is 0 Å². The number of nitrogens with zero attached hydrogens (tertiary/aromatic N) is 4. The van der Waals surface area contributed by atoms with Crippen LogP contribution in [-0.2, 0) is 6.42 Å². The quantitative estimate of drug-likeness (QED) is 0.701. The zero-order valence-corrected chi connectivity index (χ0v) is 16.8. The summed E-state index contributed by atoms with van der Waals surface area (Å²) in [5.74, 6) is 1.45. The number of amides is 2. The first-order valence-corrected chi connectivity index (χ1v) is 10.6. The van der Waals surface area contributed by atoms with Gasteiger partial charge in [-0.1, -0.05) is 35.5 Å². The lowest BCUT2D eigenvalue weighted by Gasteiger charge is -2.37. The molecule has 2 aromatic heterocycles. The van der Waals surface area contributed by atoms with Crippen molar-refractivity contribution in [1.82, 2.24) is 25.3 Å². The number of piperidine rings is 1. The average molecular weight is 403 g/mol. The zero-order valence-electron chi connectivity index (χ0n) is 16.8. The molecule has 7 heteroatoms. The molecule has 154 valence electrons. The van der Waals surface area contributed by atoms with Gasteiger partial charge < -0.3 is 14.7 Å². The van der Waals surface area contributed by atoms with Gasteiger partial charge in [-0.15, -0.1) is 0 Å². The molecule has 0 spiro atoms. The zero-order chi connectivity index (χ0) is 20.3. The van der Waals surface area contributed by atoms with Crippen LogP contribution in [0.2, 0.25) is 0 Å². The minimum atomic E-state index is 0.0541. The Morgan fingerprint density at radius 2 is 1.90 bits per heavy atom. The second-order valence-electron chi connectivity index (χ2n) is 8.13. The number of urea groups is 1. The van der Waals surface area contributed by atoms with Crippen LogP contribution < -0.4 is 5.32 Å². The van der Waals surface area contributed by atoms with Crippen molar-refractivity contribution in [3.8, 4) is 11.4 Å². The van der Waals surface area contributed by atoms with E-state index in [1.54, 1.807) is 12.4 Å². The molecule has 3 atom stereocenters. The monoisotopic (exact) mass is 403 g/mol. The predicted octanol–water partition coefficient (Wildman–Crippen LogP) is 3.79. The number of carbonyl (C=O) groups excluding carboxylic acids is 1. The summed E-state index contributed by atoms with van der Waals surface area (Å²) in [6, 6.07) is 14.5. The molecule has 1 unspecified atom stereocenters. The summed E-state index contributed by atoms with van der Waals surface area (Å²) in [4.78, 5) is 23.6. The highest BCUT2D eigenvalue weighted by Crippen LogP contribution is 2.42. The third-order valence-electron chi connectivity index (χ3n) is 6.21. The predicted molar refractivity (Wildman–Crippen MR) is 112 cm³/mol. The van der Waals surface area contributed by atoms with E-state index < -0.39 is 0 Å². The third-order valence-corrected chi connectivity index (χ3v) is 6.21. The van der Waals surface area contributed by atoms with Crippen molar-refractivity contribution in [2.75, 3.05) is 6.54 Å². The van der Waals surface area contributed by atoms with Gasteiger partial charge in [0, 0.05) is 42.5 Å². The van der Waals surface area contributed by atoms with Crippen LogP contribution in [0, 0.1) is 0 Å². The van der Waals surface area contributed by atoms with Gasteiger partial charge in [-0.2, -0.15) is 4.98 Å². The molecule has 2 fully saturated rings. The van der Waals surface area contributed by atoms with E-state index in [0.717, 1.165) is 37.7 Å². The number of fused-ring (bicyclic) bond motifs is 2. The van der Waals surface area contributed by atoms with Gasteiger partial charge in [-0.05, 0) is 49.8 Å². The maximum absolute atomic E-state index is 12.8. The lowest BCUT2D eigenvalue weighted by molar-refractivity contribution is 0.130. The first-order valence-electron chi connectivity index (χ1n) is 10.6. The molecule has 0 radical (unpaired) electrons.